The molecule has 4 atom stereocenters. The number of hydrogen-bond acceptors (Lipinski definition) is 4. The Hall–Kier alpha value is -2.63. The first kappa shape index (κ1) is 25.3. The summed E-state index contributed by atoms with van der Waals surface area (Å²) < 4.78 is 0. The quantitative estimate of drug-likeness (QED) is 0.298. The van der Waals surface area contributed by atoms with Gasteiger partial charge in [0, 0.05) is 44.3 Å². The lowest BCUT2D eigenvalue weighted by Gasteiger charge is -2.56. The SMILES string of the molecule is C/C=C\N=C(/N)C1CCC2C(C1)SC1=CCCC=C1C21c2ccccc2Sc2cc(C3=CCCCN3)ccc21. The molecule has 200 valence electrons. The van der Waals surface area contributed by atoms with Gasteiger partial charge in [-0.3, -0.25) is 0 Å². The Morgan fingerprint density at radius 1 is 1.03 bits per heavy atom. The molecule has 2 aliphatic carbocycles. The molecule has 7 rings (SSSR count). The zero-order valence-electron chi connectivity index (χ0n) is 22.7. The second-order valence-electron chi connectivity index (χ2n) is 11.4. The monoisotopic (exact) mass is 551 g/mol. The molecule has 0 radical (unpaired) electrons. The maximum Gasteiger partial charge on any atom is 0.102 e. The van der Waals surface area contributed by atoms with Crippen LogP contribution in [0, 0.1) is 11.8 Å². The van der Waals surface area contributed by atoms with Crippen molar-refractivity contribution in [2.75, 3.05) is 6.54 Å². The highest BCUT2D eigenvalue weighted by molar-refractivity contribution is 8.04. The Labute approximate surface area is 241 Å². The predicted molar refractivity (Wildman–Crippen MR) is 167 cm³/mol. The van der Waals surface area contributed by atoms with Gasteiger partial charge in [-0.25, -0.2) is 4.99 Å². The number of nitrogens with one attached hydrogen (secondary N) is 1. The summed E-state index contributed by atoms with van der Waals surface area (Å²) in [5, 5.41) is 4.16. The van der Waals surface area contributed by atoms with Crippen molar-refractivity contribution in [3.8, 4) is 0 Å². The molecular formula is C34H37N3S2. The van der Waals surface area contributed by atoms with Gasteiger partial charge in [-0.2, -0.15) is 0 Å². The van der Waals surface area contributed by atoms with E-state index in [1.54, 1.807) is 5.57 Å². The molecule has 39 heavy (non-hydrogen) atoms. The van der Waals surface area contributed by atoms with Crippen molar-refractivity contribution >= 4 is 35.1 Å². The van der Waals surface area contributed by atoms with Crippen molar-refractivity contribution in [3.63, 3.8) is 0 Å². The van der Waals surface area contributed by atoms with E-state index in [0.29, 0.717) is 17.1 Å². The van der Waals surface area contributed by atoms with Gasteiger partial charge in [-0.1, -0.05) is 66.4 Å². The Kier molecular flexibility index (Phi) is 6.76. The minimum Gasteiger partial charge on any atom is -0.387 e. The minimum atomic E-state index is -0.119. The third-order valence-corrected chi connectivity index (χ3v) is 11.8. The van der Waals surface area contributed by atoms with Gasteiger partial charge in [0.05, 0.1) is 5.41 Å². The summed E-state index contributed by atoms with van der Waals surface area (Å²) in [6, 6.07) is 16.6. The van der Waals surface area contributed by atoms with Gasteiger partial charge < -0.3 is 11.1 Å². The summed E-state index contributed by atoms with van der Waals surface area (Å²) in [7, 11) is 0. The molecule has 0 aromatic heterocycles. The molecule has 1 saturated heterocycles. The van der Waals surface area contributed by atoms with Gasteiger partial charge in [0.25, 0.3) is 0 Å². The van der Waals surface area contributed by atoms with Crippen LogP contribution in [0.2, 0.25) is 0 Å². The molecule has 3 heterocycles. The van der Waals surface area contributed by atoms with E-state index in [1.807, 2.05) is 31.0 Å². The van der Waals surface area contributed by atoms with Crippen molar-refractivity contribution in [2.45, 2.75) is 72.3 Å². The number of hydrogen-bond donors (Lipinski definition) is 2. The lowest BCUT2D eigenvalue weighted by molar-refractivity contribution is 0.247. The maximum atomic E-state index is 6.55. The van der Waals surface area contributed by atoms with E-state index in [1.165, 1.54) is 43.5 Å². The topological polar surface area (TPSA) is 50.4 Å². The van der Waals surface area contributed by atoms with Gasteiger partial charge in [0.15, 0.2) is 0 Å². The molecule has 1 saturated carbocycles. The van der Waals surface area contributed by atoms with E-state index in [4.69, 9.17) is 5.73 Å². The van der Waals surface area contributed by atoms with E-state index in [-0.39, 0.29) is 5.41 Å². The zero-order valence-corrected chi connectivity index (χ0v) is 24.3. The molecule has 0 bridgehead atoms. The van der Waals surface area contributed by atoms with E-state index in [9.17, 15) is 0 Å². The number of rotatable bonds is 3. The molecule has 2 aromatic rings. The largest absolute Gasteiger partial charge is 0.387 e. The summed E-state index contributed by atoms with van der Waals surface area (Å²) in [6.07, 6.45) is 19.3. The third-order valence-electron chi connectivity index (χ3n) is 9.25. The van der Waals surface area contributed by atoms with E-state index < -0.39 is 0 Å². The van der Waals surface area contributed by atoms with Crippen LogP contribution in [0.15, 0.2) is 98.2 Å². The highest BCUT2D eigenvalue weighted by atomic mass is 32.2. The Morgan fingerprint density at radius 3 is 2.77 bits per heavy atom. The fraction of sp³-hybridized carbons (Fsp3) is 0.382. The standard InChI is InChI=1S/C34H37N3S2/c1-2-18-37-33(35)23-15-17-27-32(21-23)39-30-13-6-4-10-25(30)34(27)24-9-3-5-12-29(24)38-31-20-22(14-16-26(31)34)28-11-7-8-19-36-28/h2-3,5,9-14,16,18,20,23,27,32,36H,4,6-8,15,17,19,21H2,1H3,(H2,35,37)/b18-2-. The van der Waals surface area contributed by atoms with Crippen LogP contribution in [0.3, 0.4) is 0 Å². The number of fused-ring (bicyclic) bond motifs is 8. The van der Waals surface area contributed by atoms with E-state index >= 15 is 0 Å². The number of allylic oxidation sites excluding steroid dienone is 5. The molecule has 3 N–H and O–H groups in total. The Morgan fingerprint density at radius 2 is 1.90 bits per heavy atom. The second kappa shape index (κ2) is 10.4. The molecule has 5 heteroatoms. The first-order valence-corrected chi connectivity index (χ1v) is 16.3. The first-order valence-electron chi connectivity index (χ1n) is 14.6. The minimum absolute atomic E-state index is 0.119. The lowest BCUT2D eigenvalue weighted by atomic mass is 9.55. The number of amidine groups is 1. The summed E-state index contributed by atoms with van der Waals surface area (Å²) >= 11 is 4.09. The molecule has 2 aromatic carbocycles. The summed E-state index contributed by atoms with van der Waals surface area (Å²) in [4.78, 5) is 8.92. The van der Waals surface area contributed by atoms with Crippen molar-refractivity contribution in [1.29, 1.82) is 0 Å². The number of aliphatic imine (C=N–C) groups is 1. The molecule has 1 spiro atoms. The predicted octanol–water partition coefficient (Wildman–Crippen LogP) is 8.19. The molecule has 3 aliphatic heterocycles. The second-order valence-corrected chi connectivity index (χ2v) is 13.7. The first-order chi connectivity index (χ1) is 19.2. The van der Waals surface area contributed by atoms with Gasteiger partial charge in [0.2, 0.25) is 0 Å². The van der Waals surface area contributed by atoms with Crippen LogP contribution in [-0.4, -0.2) is 17.6 Å². The number of benzene rings is 2. The highest BCUT2D eigenvalue weighted by Gasteiger charge is 2.57. The van der Waals surface area contributed by atoms with Crippen molar-refractivity contribution < 1.29 is 0 Å². The number of nitrogens with zero attached hydrogens (tertiary/aromatic N) is 1. The molecule has 4 unspecified atom stereocenters. The Balaban J connectivity index is 1.40. The summed E-state index contributed by atoms with van der Waals surface area (Å²) in [6.45, 7) is 3.06. The zero-order chi connectivity index (χ0) is 26.4. The van der Waals surface area contributed by atoms with Crippen LogP contribution in [0.4, 0.5) is 0 Å². The fourth-order valence-corrected chi connectivity index (χ4v) is 10.6. The number of thioether (sulfide) groups is 1. The number of nitrogens with two attached hydrogens (primary N) is 1. The van der Waals surface area contributed by atoms with Crippen LogP contribution in [0.25, 0.3) is 5.70 Å². The van der Waals surface area contributed by atoms with Crippen molar-refractivity contribution in [2.24, 2.45) is 22.6 Å². The Bertz CT molecular complexity index is 1450. The van der Waals surface area contributed by atoms with Crippen molar-refractivity contribution in [1.82, 2.24) is 5.32 Å². The molecular weight excluding hydrogens is 515 g/mol. The van der Waals surface area contributed by atoms with E-state index in [0.717, 1.165) is 50.9 Å². The highest BCUT2D eigenvalue weighted by Crippen LogP contribution is 2.66. The molecule has 2 fully saturated rings. The van der Waals surface area contributed by atoms with Crippen LogP contribution in [0.5, 0.6) is 0 Å². The normalized spacial score (nSPS) is 29.8. The van der Waals surface area contributed by atoms with Crippen LogP contribution >= 0.6 is 23.5 Å². The molecule has 3 nitrogen and oxygen atoms in total. The summed E-state index contributed by atoms with van der Waals surface area (Å²) in [5.41, 5.74) is 13.6. The average Bonchev–Trinajstić information content (AvgIpc) is 2.99. The van der Waals surface area contributed by atoms with E-state index in [2.05, 4.69) is 82.8 Å². The average molecular weight is 552 g/mol. The molecule has 5 aliphatic rings. The van der Waals surface area contributed by atoms with Crippen LogP contribution < -0.4 is 11.1 Å². The van der Waals surface area contributed by atoms with Crippen LogP contribution in [-0.2, 0) is 5.41 Å². The summed E-state index contributed by atoms with van der Waals surface area (Å²) in [5.74, 6) is 1.67. The fourth-order valence-electron chi connectivity index (χ4n) is 7.57. The van der Waals surface area contributed by atoms with Gasteiger partial charge >= 0.3 is 0 Å². The molecule has 0 amide bonds. The van der Waals surface area contributed by atoms with Gasteiger partial charge in [0.1, 0.15) is 5.84 Å². The van der Waals surface area contributed by atoms with Gasteiger partial charge in [-0.15, -0.1) is 11.8 Å². The van der Waals surface area contributed by atoms with Crippen LogP contribution in [0.1, 0.15) is 68.6 Å². The lowest BCUT2D eigenvalue weighted by Crippen LogP contribution is -2.51. The smallest absolute Gasteiger partial charge is 0.102 e. The van der Waals surface area contributed by atoms with Crippen molar-refractivity contribution in [3.05, 3.63) is 100 Å². The maximum absolute atomic E-state index is 6.55. The third kappa shape index (κ3) is 4.15. The van der Waals surface area contributed by atoms with Gasteiger partial charge in [-0.05, 0) is 92.2 Å².